The van der Waals surface area contributed by atoms with E-state index in [9.17, 15) is 14.4 Å². The molecule has 0 radical (unpaired) electrons. The molecule has 1 unspecified atom stereocenters. The Morgan fingerprint density at radius 3 is 2.65 bits per heavy atom. The van der Waals surface area contributed by atoms with Crippen LogP contribution in [0.3, 0.4) is 0 Å². The molecule has 1 aliphatic rings. The molecule has 8 heteroatoms. The summed E-state index contributed by atoms with van der Waals surface area (Å²) in [6, 6.07) is 0.194. The Morgan fingerprint density at radius 2 is 2.12 bits per heavy atom. The number of thiophene rings is 1. The number of hydrogen-bond acceptors (Lipinski definition) is 6. The standard InChI is InChI=1S/C18H26N2O5S/c1-10(2)11(3)7-14(19-18(23)25-13-5-6-26-9-13)17(22)20-16-12(4)24-8-15(16)21/h5-6,9-12,14,16H,7-8H2,1-4H3,(H,19,23)(H,20,22)/t11?,12-,14-,16-/m0/s1. The molecule has 1 aromatic heterocycles. The number of hydrogen-bond donors (Lipinski definition) is 2. The van der Waals surface area contributed by atoms with Gasteiger partial charge in [0.2, 0.25) is 5.91 Å². The summed E-state index contributed by atoms with van der Waals surface area (Å²) in [5.41, 5.74) is 0. The molecular formula is C18H26N2O5S. The minimum Gasteiger partial charge on any atom is -0.409 e. The van der Waals surface area contributed by atoms with Gasteiger partial charge in [0.05, 0.1) is 6.10 Å². The van der Waals surface area contributed by atoms with Gasteiger partial charge >= 0.3 is 6.09 Å². The molecule has 0 bridgehead atoms. The number of rotatable bonds is 7. The van der Waals surface area contributed by atoms with Gasteiger partial charge in [0.15, 0.2) is 5.78 Å². The molecule has 0 spiro atoms. The van der Waals surface area contributed by atoms with Crippen molar-refractivity contribution in [2.75, 3.05) is 6.61 Å². The number of carbonyl (C=O) groups is 3. The van der Waals surface area contributed by atoms with Crippen molar-refractivity contribution < 1.29 is 23.9 Å². The molecule has 2 rings (SSSR count). The Kier molecular flexibility index (Phi) is 7.16. The maximum Gasteiger partial charge on any atom is 0.413 e. The first-order valence-corrected chi connectivity index (χ1v) is 9.67. The van der Waals surface area contributed by atoms with Gasteiger partial charge in [0.1, 0.15) is 24.4 Å². The van der Waals surface area contributed by atoms with Crippen molar-refractivity contribution in [2.45, 2.75) is 52.3 Å². The number of ether oxygens (including phenoxy) is 2. The fraction of sp³-hybridized carbons (Fsp3) is 0.611. The summed E-state index contributed by atoms with van der Waals surface area (Å²) < 4.78 is 10.4. The third-order valence-electron chi connectivity index (χ3n) is 4.66. The second kappa shape index (κ2) is 9.14. The minimum atomic E-state index is -0.792. The normalized spacial score (nSPS) is 22.1. The molecule has 0 saturated carbocycles. The Labute approximate surface area is 157 Å². The Balaban J connectivity index is 2.02. The highest BCUT2D eigenvalue weighted by atomic mass is 32.1. The zero-order chi connectivity index (χ0) is 19.3. The third kappa shape index (κ3) is 5.54. The average Bonchev–Trinajstić information content (AvgIpc) is 3.18. The largest absolute Gasteiger partial charge is 0.413 e. The molecule has 0 aromatic carbocycles. The van der Waals surface area contributed by atoms with E-state index in [1.54, 1.807) is 23.8 Å². The van der Waals surface area contributed by atoms with Gasteiger partial charge in [-0.3, -0.25) is 9.59 Å². The third-order valence-corrected chi connectivity index (χ3v) is 5.32. The number of carbonyl (C=O) groups excluding carboxylic acids is 3. The van der Waals surface area contributed by atoms with Crippen LogP contribution in [0.4, 0.5) is 4.79 Å². The SMILES string of the molecule is CC(C)C(C)C[C@H](NC(=O)Oc1ccsc1)C(=O)N[C@@H]1C(=O)CO[C@H]1C. The Bertz CT molecular complexity index is 632. The fourth-order valence-electron chi connectivity index (χ4n) is 2.58. The lowest BCUT2D eigenvalue weighted by atomic mass is 9.90. The lowest BCUT2D eigenvalue weighted by molar-refractivity contribution is -0.127. The summed E-state index contributed by atoms with van der Waals surface area (Å²) in [7, 11) is 0. The Morgan fingerprint density at radius 1 is 1.38 bits per heavy atom. The minimum absolute atomic E-state index is 0.00714. The topological polar surface area (TPSA) is 93.7 Å². The number of ketones is 1. The van der Waals surface area contributed by atoms with Crippen LogP contribution in [-0.2, 0) is 14.3 Å². The number of Topliss-reactive ketones (excluding diaryl/α,β-unsaturated/α-hetero) is 1. The molecule has 1 aliphatic heterocycles. The molecule has 1 fully saturated rings. The van der Waals surface area contributed by atoms with Crippen molar-refractivity contribution in [1.29, 1.82) is 0 Å². The van der Waals surface area contributed by atoms with Crippen molar-refractivity contribution >= 4 is 29.1 Å². The molecule has 0 aliphatic carbocycles. The second-order valence-corrected chi connectivity index (χ2v) is 7.75. The first-order valence-electron chi connectivity index (χ1n) is 8.73. The van der Waals surface area contributed by atoms with Gasteiger partial charge in [-0.2, -0.15) is 0 Å². The van der Waals surface area contributed by atoms with Gasteiger partial charge in [-0.05, 0) is 36.6 Å². The zero-order valence-corrected chi connectivity index (χ0v) is 16.3. The van der Waals surface area contributed by atoms with Crippen LogP contribution < -0.4 is 15.4 Å². The quantitative estimate of drug-likeness (QED) is 0.755. The molecule has 144 valence electrons. The van der Waals surface area contributed by atoms with E-state index in [0.29, 0.717) is 18.1 Å². The molecule has 2 N–H and O–H groups in total. The van der Waals surface area contributed by atoms with Gasteiger partial charge < -0.3 is 20.1 Å². The van der Waals surface area contributed by atoms with Crippen molar-refractivity contribution in [3.8, 4) is 5.75 Å². The van der Waals surface area contributed by atoms with Gasteiger partial charge in [-0.15, -0.1) is 11.3 Å². The van der Waals surface area contributed by atoms with Gasteiger partial charge in [0, 0.05) is 5.38 Å². The van der Waals surface area contributed by atoms with Crippen LogP contribution in [0.5, 0.6) is 5.75 Å². The highest BCUT2D eigenvalue weighted by Gasteiger charge is 2.36. The molecule has 26 heavy (non-hydrogen) atoms. The van der Waals surface area contributed by atoms with Crippen LogP contribution in [0.1, 0.15) is 34.1 Å². The van der Waals surface area contributed by atoms with Gasteiger partial charge in [-0.1, -0.05) is 20.8 Å². The predicted octanol–water partition coefficient (Wildman–Crippen LogP) is 2.36. The maximum absolute atomic E-state index is 12.7. The molecule has 2 heterocycles. The zero-order valence-electron chi connectivity index (χ0n) is 15.5. The molecule has 2 amide bonds. The van der Waals surface area contributed by atoms with E-state index in [1.165, 1.54) is 11.3 Å². The smallest absolute Gasteiger partial charge is 0.409 e. The number of nitrogens with one attached hydrogen (secondary N) is 2. The van der Waals surface area contributed by atoms with E-state index in [2.05, 4.69) is 24.5 Å². The molecule has 1 aromatic rings. The van der Waals surface area contributed by atoms with Crippen molar-refractivity contribution in [2.24, 2.45) is 11.8 Å². The van der Waals surface area contributed by atoms with Crippen molar-refractivity contribution in [1.82, 2.24) is 10.6 Å². The lowest BCUT2D eigenvalue weighted by Gasteiger charge is -2.25. The molecule has 7 nitrogen and oxygen atoms in total. The average molecular weight is 382 g/mol. The van der Waals surface area contributed by atoms with Crippen LogP contribution >= 0.6 is 11.3 Å². The van der Waals surface area contributed by atoms with Gasteiger partial charge in [0.25, 0.3) is 0 Å². The van der Waals surface area contributed by atoms with E-state index in [1.807, 2.05) is 6.92 Å². The van der Waals surface area contributed by atoms with Crippen molar-refractivity contribution in [3.05, 3.63) is 16.8 Å². The monoisotopic (exact) mass is 382 g/mol. The van der Waals surface area contributed by atoms with Gasteiger partial charge in [-0.25, -0.2) is 4.79 Å². The fourth-order valence-corrected chi connectivity index (χ4v) is 3.13. The molecule has 1 saturated heterocycles. The van der Waals surface area contributed by atoms with Crippen LogP contribution in [-0.4, -0.2) is 42.6 Å². The van der Waals surface area contributed by atoms with Crippen LogP contribution in [0, 0.1) is 11.8 Å². The maximum atomic E-state index is 12.7. The summed E-state index contributed by atoms with van der Waals surface area (Å²) in [6.07, 6.45) is -0.632. The van der Waals surface area contributed by atoms with E-state index < -0.39 is 24.1 Å². The van der Waals surface area contributed by atoms with Crippen LogP contribution in [0.25, 0.3) is 0 Å². The lowest BCUT2D eigenvalue weighted by Crippen LogP contribution is -2.54. The molecule has 4 atom stereocenters. The van der Waals surface area contributed by atoms with E-state index >= 15 is 0 Å². The molecular weight excluding hydrogens is 356 g/mol. The Hall–Kier alpha value is -1.93. The van der Waals surface area contributed by atoms with Crippen LogP contribution in [0.2, 0.25) is 0 Å². The first kappa shape index (κ1) is 20.4. The summed E-state index contributed by atoms with van der Waals surface area (Å²) in [6.45, 7) is 7.86. The predicted molar refractivity (Wildman–Crippen MR) is 98.2 cm³/mol. The number of amides is 2. The summed E-state index contributed by atoms with van der Waals surface area (Å²) >= 11 is 1.41. The summed E-state index contributed by atoms with van der Waals surface area (Å²) in [5, 5.41) is 8.82. The second-order valence-electron chi connectivity index (χ2n) is 6.97. The highest BCUT2D eigenvalue weighted by Crippen LogP contribution is 2.18. The summed E-state index contributed by atoms with van der Waals surface area (Å²) in [4.78, 5) is 36.7. The van der Waals surface area contributed by atoms with E-state index in [0.717, 1.165) is 0 Å². The highest BCUT2D eigenvalue weighted by molar-refractivity contribution is 7.08. The van der Waals surface area contributed by atoms with Crippen molar-refractivity contribution in [3.63, 3.8) is 0 Å². The van der Waals surface area contributed by atoms with E-state index in [4.69, 9.17) is 9.47 Å². The van der Waals surface area contributed by atoms with Crippen LogP contribution in [0.15, 0.2) is 16.8 Å². The van der Waals surface area contributed by atoms with E-state index in [-0.39, 0.29) is 24.4 Å². The first-order chi connectivity index (χ1) is 12.3. The summed E-state index contributed by atoms with van der Waals surface area (Å²) in [5.74, 6) is 0.393.